The van der Waals surface area contributed by atoms with Gasteiger partial charge in [0.2, 0.25) is 0 Å². The third-order valence-electron chi connectivity index (χ3n) is 1.97. The maximum absolute atomic E-state index is 11.5. The molecule has 1 N–H and O–H groups in total. The van der Waals surface area contributed by atoms with Crippen LogP contribution in [0.15, 0.2) is 30.3 Å². The summed E-state index contributed by atoms with van der Waals surface area (Å²) >= 11 is 3.21. The number of carboxylic acids is 1. The minimum Gasteiger partial charge on any atom is -0.478 e. The van der Waals surface area contributed by atoms with Gasteiger partial charge in [0.25, 0.3) is 0 Å². The number of carbonyl (C=O) groups is 2. The number of rotatable bonds is 5. The molecule has 16 heavy (non-hydrogen) atoms. The van der Waals surface area contributed by atoms with Crippen molar-refractivity contribution in [3.05, 3.63) is 41.5 Å². The monoisotopic (exact) mass is 282 g/mol. The third kappa shape index (κ3) is 3.98. The van der Waals surface area contributed by atoms with Gasteiger partial charge in [-0.2, -0.15) is 0 Å². The molecular weight excluding hydrogens is 272 g/mol. The van der Waals surface area contributed by atoms with Crippen molar-refractivity contribution < 1.29 is 14.7 Å². The molecule has 0 spiro atoms. The second-order valence-corrected chi connectivity index (χ2v) is 3.95. The Kier molecular flexibility index (Phi) is 4.92. The van der Waals surface area contributed by atoms with Crippen molar-refractivity contribution in [1.82, 2.24) is 0 Å². The van der Waals surface area contributed by atoms with Crippen LogP contribution in [0.1, 0.15) is 22.3 Å². The van der Waals surface area contributed by atoms with Gasteiger partial charge in [0.05, 0.1) is 0 Å². The first-order valence-corrected chi connectivity index (χ1v) is 5.86. The lowest BCUT2D eigenvalue weighted by atomic mass is 10.1. The number of hydrogen-bond acceptors (Lipinski definition) is 2. The smallest absolute Gasteiger partial charge is 0.328 e. The Balaban J connectivity index is 2.75. The molecule has 1 rings (SSSR count). The highest BCUT2D eigenvalue weighted by atomic mass is 79.9. The molecule has 0 saturated heterocycles. The minimum atomic E-state index is -0.987. The lowest BCUT2D eigenvalue weighted by molar-refractivity contribution is -0.131. The Morgan fingerprint density at radius 1 is 1.25 bits per heavy atom. The van der Waals surface area contributed by atoms with E-state index in [1.165, 1.54) is 6.08 Å². The quantitative estimate of drug-likeness (QED) is 0.513. The lowest BCUT2D eigenvalue weighted by Gasteiger charge is -1.99. The molecule has 84 valence electrons. The van der Waals surface area contributed by atoms with Crippen LogP contribution in [0.5, 0.6) is 0 Å². The maximum Gasteiger partial charge on any atom is 0.328 e. The van der Waals surface area contributed by atoms with Crippen molar-refractivity contribution in [2.75, 3.05) is 5.33 Å². The van der Waals surface area contributed by atoms with Gasteiger partial charge in [0.1, 0.15) is 0 Å². The van der Waals surface area contributed by atoms with Crippen LogP contribution in [0.2, 0.25) is 0 Å². The average Bonchev–Trinajstić information content (AvgIpc) is 2.27. The van der Waals surface area contributed by atoms with Crippen LogP contribution in [-0.4, -0.2) is 22.2 Å². The van der Waals surface area contributed by atoms with E-state index in [2.05, 4.69) is 15.9 Å². The molecule has 0 heterocycles. The number of benzene rings is 1. The van der Waals surface area contributed by atoms with Crippen LogP contribution in [0.4, 0.5) is 0 Å². The first-order chi connectivity index (χ1) is 7.63. The molecule has 0 aromatic heterocycles. The van der Waals surface area contributed by atoms with Crippen LogP contribution in [0.25, 0.3) is 6.08 Å². The minimum absolute atomic E-state index is 0.0747. The van der Waals surface area contributed by atoms with E-state index in [0.29, 0.717) is 17.3 Å². The Morgan fingerprint density at radius 2 is 1.88 bits per heavy atom. The highest BCUT2D eigenvalue weighted by Gasteiger charge is 2.03. The largest absolute Gasteiger partial charge is 0.478 e. The zero-order valence-electron chi connectivity index (χ0n) is 8.52. The highest BCUT2D eigenvalue weighted by molar-refractivity contribution is 9.09. The van der Waals surface area contributed by atoms with Crippen LogP contribution in [0, 0.1) is 0 Å². The van der Waals surface area contributed by atoms with Gasteiger partial charge in [-0.1, -0.05) is 40.2 Å². The van der Waals surface area contributed by atoms with Gasteiger partial charge in [-0.25, -0.2) is 4.79 Å². The van der Waals surface area contributed by atoms with Crippen molar-refractivity contribution in [1.29, 1.82) is 0 Å². The molecule has 0 bridgehead atoms. The SMILES string of the molecule is O=C(O)C=Cc1ccc(C(=O)CCBr)cc1. The third-order valence-corrected chi connectivity index (χ3v) is 2.37. The molecule has 0 saturated carbocycles. The summed E-state index contributed by atoms with van der Waals surface area (Å²) in [7, 11) is 0. The Hall–Kier alpha value is -1.42. The molecule has 0 aliphatic carbocycles. The summed E-state index contributed by atoms with van der Waals surface area (Å²) in [6, 6.07) is 6.85. The first kappa shape index (κ1) is 12.6. The number of carbonyl (C=O) groups excluding carboxylic acids is 1. The zero-order valence-corrected chi connectivity index (χ0v) is 10.1. The molecule has 0 unspecified atom stereocenters. The maximum atomic E-state index is 11.5. The molecule has 3 nitrogen and oxygen atoms in total. The molecule has 0 aliphatic heterocycles. The van der Waals surface area contributed by atoms with Gasteiger partial charge in [-0.15, -0.1) is 0 Å². The topological polar surface area (TPSA) is 54.4 Å². The standard InChI is InChI=1S/C12H11BrO3/c13-8-7-11(14)10-4-1-9(2-5-10)3-6-12(15)16/h1-6H,7-8H2,(H,15,16). The van der Waals surface area contributed by atoms with Gasteiger partial charge >= 0.3 is 5.97 Å². The normalized spacial score (nSPS) is 10.6. The predicted octanol–water partition coefficient (Wildman–Crippen LogP) is 2.75. The van der Waals surface area contributed by atoms with Crippen molar-refractivity contribution in [3.8, 4) is 0 Å². The van der Waals surface area contributed by atoms with E-state index >= 15 is 0 Å². The summed E-state index contributed by atoms with van der Waals surface area (Å²) in [5.74, 6) is -0.912. The van der Waals surface area contributed by atoms with E-state index in [4.69, 9.17) is 5.11 Å². The van der Waals surface area contributed by atoms with Gasteiger partial charge < -0.3 is 5.11 Å². The predicted molar refractivity (Wildman–Crippen MR) is 65.9 cm³/mol. The first-order valence-electron chi connectivity index (χ1n) is 4.73. The van der Waals surface area contributed by atoms with Crippen molar-refractivity contribution >= 4 is 33.8 Å². The second kappa shape index (κ2) is 6.23. The molecule has 0 radical (unpaired) electrons. The van der Waals surface area contributed by atoms with E-state index in [1.807, 2.05) is 0 Å². The number of Topliss-reactive ketones (excluding diaryl/α,β-unsaturated/α-hetero) is 1. The fourth-order valence-corrected chi connectivity index (χ4v) is 1.54. The number of carboxylic acid groups (broad SMARTS) is 1. The molecule has 4 heteroatoms. The number of halogens is 1. The summed E-state index contributed by atoms with van der Waals surface area (Å²) in [4.78, 5) is 21.8. The summed E-state index contributed by atoms with van der Waals surface area (Å²) < 4.78 is 0. The van der Waals surface area contributed by atoms with Crippen LogP contribution < -0.4 is 0 Å². The van der Waals surface area contributed by atoms with E-state index < -0.39 is 5.97 Å². The van der Waals surface area contributed by atoms with Crippen LogP contribution in [-0.2, 0) is 4.79 Å². The van der Waals surface area contributed by atoms with Gasteiger partial charge in [0.15, 0.2) is 5.78 Å². The molecule has 0 aliphatic rings. The Bertz CT molecular complexity index is 407. The van der Waals surface area contributed by atoms with E-state index in [1.54, 1.807) is 24.3 Å². The van der Waals surface area contributed by atoms with Crippen molar-refractivity contribution in [3.63, 3.8) is 0 Å². The average molecular weight is 283 g/mol. The molecule has 0 atom stereocenters. The summed E-state index contributed by atoms with van der Waals surface area (Å²) in [6.45, 7) is 0. The van der Waals surface area contributed by atoms with E-state index in [-0.39, 0.29) is 5.78 Å². The summed E-state index contributed by atoms with van der Waals surface area (Å²) in [5.41, 5.74) is 1.41. The van der Waals surface area contributed by atoms with E-state index in [0.717, 1.165) is 11.6 Å². The van der Waals surface area contributed by atoms with Gasteiger partial charge in [-0.05, 0) is 11.6 Å². The molecular formula is C12H11BrO3. The van der Waals surface area contributed by atoms with Gasteiger partial charge in [-0.3, -0.25) is 4.79 Å². The second-order valence-electron chi connectivity index (χ2n) is 3.16. The number of aliphatic carboxylic acids is 1. The molecule has 1 aromatic rings. The molecule has 0 amide bonds. The number of ketones is 1. The van der Waals surface area contributed by atoms with E-state index in [9.17, 15) is 9.59 Å². The Morgan fingerprint density at radius 3 is 2.38 bits per heavy atom. The number of hydrogen-bond donors (Lipinski definition) is 1. The highest BCUT2D eigenvalue weighted by Crippen LogP contribution is 2.09. The summed E-state index contributed by atoms with van der Waals surface area (Å²) in [6.07, 6.45) is 3.01. The summed E-state index contributed by atoms with van der Waals surface area (Å²) in [5, 5.41) is 9.09. The molecule has 1 aromatic carbocycles. The Labute approximate surface area is 102 Å². The van der Waals surface area contributed by atoms with Crippen molar-refractivity contribution in [2.45, 2.75) is 6.42 Å². The number of alkyl halides is 1. The fraction of sp³-hybridized carbons (Fsp3) is 0.167. The van der Waals surface area contributed by atoms with Crippen LogP contribution in [0.3, 0.4) is 0 Å². The van der Waals surface area contributed by atoms with Crippen LogP contribution >= 0.6 is 15.9 Å². The fourth-order valence-electron chi connectivity index (χ4n) is 1.18. The van der Waals surface area contributed by atoms with Crippen molar-refractivity contribution in [2.24, 2.45) is 0 Å². The zero-order chi connectivity index (χ0) is 12.0. The molecule has 0 fully saturated rings. The van der Waals surface area contributed by atoms with Gasteiger partial charge in [0, 0.05) is 23.4 Å². The lowest BCUT2D eigenvalue weighted by Crippen LogP contribution is -1.98.